The molecule has 1 amide bonds. The number of para-hydroxylation sites is 3. The highest BCUT2D eigenvalue weighted by Crippen LogP contribution is 2.37. The van der Waals surface area contributed by atoms with Gasteiger partial charge in [0.25, 0.3) is 0 Å². The molecule has 0 aliphatic carbocycles. The zero-order valence-electron chi connectivity index (χ0n) is 18.9. The van der Waals surface area contributed by atoms with Crippen LogP contribution in [-0.2, 0) is 17.6 Å². The van der Waals surface area contributed by atoms with Crippen molar-refractivity contribution in [3.63, 3.8) is 0 Å². The Hall–Kier alpha value is -4.10. The van der Waals surface area contributed by atoms with Gasteiger partial charge in [-0.15, -0.1) is 10.2 Å². The van der Waals surface area contributed by atoms with Crippen LogP contribution in [0.4, 0.5) is 11.4 Å². The molecule has 0 atom stereocenters. The number of hydrogen-bond donors (Lipinski definition) is 0. The molecule has 35 heavy (non-hydrogen) atoms. The molecule has 3 heterocycles. The number of fused-ring (bicyclic) bond motifs is 2. The highest BCUT2D eigenvalue weighted by Gasteiger charge is 2.26. The van der Waals surface area contributed by atoms with Crippen molar-refractivity contribution in [3.05, 3.63) is 108 Å². The number of furan rings is 1. The highest BCUT2D eigenvalue weighted by atomic mass is 32.2. The fraction of sp³-hybridized carbons (Fsp3) is 0.107. The van der Waals surface area contributed by atoms with Crippen LogP contribution < -0.4 is 4.90 Å². The fourth-order valence-electron chi connectivity index (χ4n) is 4.48. The van der Waals surface area contributed by atoms with E-state index in [-0.39, 0.29) is 11.7 Å². The molecule has 0 spiro atoms. The molecule has 0 N–H and O–H groups in total. The number of nitrogens with zero attached hydrogens (tertiary/aromatic N) is 4. The SMILES string of the molecule is O=C(CSc1nnc(-c2ccco2)n1-c1ccccc1)N1c2ccccc2CCc2ccccc21. The van der Waals surface area contributed by atoms with E-state index in [0.717, 1.165) is 29.9 Å². The Morgan fingerprint density at radius 2 is 1.46 bits per heavy atom. The predicted molar refractivity (Wildman–Crippen MR) is 137 cm³/mol. The van der Waals surface area contributed by atoms with E-state index in [4.69, 9.17) is 4.42 Å². The number of anilines is 2. The van der Waals surface area contributed by atoms with Gasteiger partial charge in [0.1, 0.15) is 0 Å². The topological polar surface area (TPSA) is 64.2 Å². The number of thioether (sulfide) groups is 1. The Bertz CT molecular complexity index is 1430. The number of rotatable bonds is 5. The van der Waals surface area contributed by atoms with Crippen LogP contribution in [0.5, 0.6) is 0 Å². The van der Waals surface area contributed by atoms with Crippen molar-refractivity contribution in [2.24, 2.45) is 0 Å². The third-order valence-electron chi connectivity index (χ3n) is 6.09. The third kappa shape index (κ3) is 4.04. The monoisotopic (exact) mass is 478 g/mol. The van der Waals surface area contributed by atoms with Gasteiger partial charge in [-0.3, -0.25) is 14.3 Å². The third-order valence-corrected chi connectivity index (χ3v) is 7.01. The lowest BCUT2D eigenvalue weighted by atomic mass is 10.0. The molecule has 6 nitrogen and oxygen atoms in total. The molecule has 0 saturated carbocycles. The molecular weight excluding hydrogens is 456 g/mol. The number of carbonyl (C=O) groups is 1. The van der Waals surface area contributed by atoms with Gasteiger partial charge in [0.2, 0.25) is 11.7 Å². The molecule has 3 aromatic carbocycles. The van der Waals surface area contributed by atoms with E-state index in [2.05, 4.69) is 22.3 Å². The summed E-state index contributed by atoms with van der Waals surface area (Å²) in [6, 6.07) is 29.9. The van der Waals surface area contributed by atoms with Crippen LogP contribution in [-0.4, -0.2) is 26.4 Å². The normalized spacial score (nSPS) is 12.6. The van der Waals surface area contributed by atoms with Crippen LogP contribution in [0.2, 0.25) is 0 Å². The van der Waals surface area contributed by atoms with Crippen molar-refractivity contribution in [2.45, 2.75) is 18.0 Å². The maximum absolute atomic E-state index is 13.8. The average Bonchev–Trinajstić information content (AvgIpc) is 3.55. The molecule has 172 valence electrons. The van der Waals surface area contributed by atoms with Gasteiger partial charge in [-0.2, -0.15) is 0 Å². The predicted octanol–water partition coefficient (Wildman–Crippen LogP) is 6.08. The van der Waals surface area contributed by atoms with Gasteiger partial charge in [-0.1, -0.05) is 66.4 Å². The number of aromatic nitrogens is 3. The van der Waals surface area contributed by atoms with Crippen LogP contribution in [0.15, 0.2) is 107 Å². The molecule has 2 aromatic heterocycles. The minimum atomic E-state index is -0.000963. The molecule has 6 rings (SSSR count). The molecular formula is C28H22N4O2S. The first-order chi connectivity index (χ1) is 17.3. The summed E-state index contributed by atoms with van der Waals surface area (Å²) in [4.78, 5) is 15.6. The Kier molecular flexibility index (Phi) is 5.68. The van der Waals surface area contributed by atoms with Crippen LogP contribution in [0.1, 0.15) is 11.1 Å². The van der Waals surface area contributed by atoms with Gasteiger partial charge in [-0.05, 0) is 60.4 Å². The first-order valence-corrected chi connectivity index (χ1v) is 12.4. The highest BCUT2D eigenvalue weighted by molar-refractivity contribution is 7.99. The summed E-state index contributed by atoms with van der Waals surface area (Å²) >= 11 is 1.37. The maximum atomic E-state index is 13.8. The van der Waals surface area contributed by atoms with E-state index in [9.17, 15) is 4.79 Å². The summed E-state index contributed by atoms with van der Waals surface area (Å²) < 4.78 is 7.53. The van der Waals surface area contributed by atoms with Crippen LogP contribution in [0.25, 0.3) is 17.3 Å². The van der Waals surface area contributed by atoms with Crippen molar-refractivity contribution in [2.75, 3.05) is 10.7 Å². The Balaban J connectivity index is 1.35. The molecule has 1 aliphatic heterocycles. The summed E-state index contributed by atoms with van der Waals surface area (Å²) in [7, 11) is 0. The van der Waals surface area contributed by atoms with E-state index >= 15 is 0 Å². The first kappa shape index (κ1) is 21.4. The molecule has 5 aromatic rings. The second kappa shape index (κ2) is 9.27. The lowest BCUT2D eigenvalue weighted by Gasteiger charge is -2.25. The number of hydrogen-bond acceptors (Lipinski definition) is 5. The van der Waals surface area contributed by atoms with E-state index in [1.54, 1.807) is 6.26 Å². The number of benzene rings is 3. The van der Waals surface area contributed by atoms with E-state index in [1.165, 1.54) is 22.9 Å². The summed E-state index contributed by atoms with van der Waals surface area (Å²) in [5, 5.41) is 9.44. The summed E-state index contributed by atoms with van der Waals surface area (Å²) in [5.41, 5.74) is 5.15. The van der Waals surface area contributed by atoms with Crippen molar-refractivity contribution >= 4 is 29.0 Å². The van der Waals surface area contributed by atoms with Crippen LogP contribution >= 0.6 is 11.8 Å². The minimum absolute atomic E-state index is 0.000963. The molecule has 1 aliphatic rings. The van der Waals surface area contributed by atoms with E-state index in [0.29, 0.717) is 16.7 Å². The van der Waals surface area contributed by atoms with E-state index < -0.39 is 0 Å². The first-order valence-electron chi connectivity index (χ1n) is 11.5. The summed E-state index contributed by atoms with van der Waals surface area (Å²) in [6.45, 7) is 0. The zero-order chi connectivity index (χ0) is 23.6. The van der Waals surface area contributed by atoms with Crippen LogP contribution in [0.3, 0.4) is 0 Å². The molecule has 0 bridgehead atoms. The molecule has 0 fully saturated rings. The van der Waals surface area contributed by atoms with Gasteiger partial charge in [0.15, 0.2) is 10.9 Å². The smallest absolute Gasteiger partial charge is 0.242 e. The van der Waals surface area contributed by atoms with Gasteiger partial charge >= 0.3 is 0 Å². The van der Waals surface area contributed by atoms with Crippen molar-refractivity contribution in [1.29, 1.82) is 0 Å². The Morgan fingerprint density at radius 1 is 0.800 bits per heavy atom. The van der Waals surface area contributed by atoms with Crippen molar-refractivity contribution in [1.82, 2.24) is 14.8 Å². The molecule has 7 heteroatoms. The number of carbonyl (C=O) groups excluding carboxylic acids is 1. The maximum Gasteiger partial charge on any atom is 0.242 e. The quantitative estimate of drug-likeness (QED) is 0.286. The minimum Gasteiger partial charge on any atom is -0.461 e. The van der Waals surface area contributed by atoms with Crippen molar-refractivity contribution < 1.29 is 9.21 Å². The standard InChI is InChI=1S/C28H22N4O2S/c33-26(32-23-13-6-4-9-20(23)16-17-21-10-5-7-14-24(21)32)19-35-28-30-29-27(25-15-8-18-34-25)31(28)22-11-2-1-3-12-22/h1-15,18H,16-17,19H2. The Morgan fingerprint density at radius 3 is 2.11 bits per heavy atom. The second-order valence-corrected chi connectivity index (χ2v) is 9.17. The Labute approximate surface area is 207 Å². The van der Waals surface area contributed by atoms with E-state index in [1.807, 2.05) is 88.3 Å². The van der Waals surface area contributed by atoms with Gasteiger partial charge < -0.3 is 4.42 Å². The summed E-state index contributed by atoms with van der Waals surface area (Å²) in [6.07, 6.45) is 3.42. The molecule has 0 radical (unpaired) electrons. The fourth-order valence-corrected chi connectivity index (χ4v) is 5.28. The lowest BCUT2D eigenvalue weighted by molar-refractivity contribution is -0.115. The number of amides is 1. The average molecular weight is 479 g/mol. The van der Waals surface area contributed by atoms with Gasteiger partial charge in [0, 0.05) is 5.69 Å². The summed E-state index contributed by atoms with van der Waals surface area (Å²) in [5.74, 6) is 1.43. The van der Waals surface area contributed by atoms with Crippen LogP contribution in [0, 0.1) is 0 Å². The number of aryl methyl sites for hydroxylation is 2. The lowest BCUT2D eigenvalue weighted by Crippen LogP contribution is -2.28. The zero-order valence-corrected chi connectivity index (χ0v) is 19.7. The van der Waals surface area contributed by atoms with Gasteiger partial charge in [0.05, 0.1) is 23.4 Å². The molecule has 0 saturated heterocycles. The molecule has 0 unspecified atom stereocenters. The second-order valence-electron chi connectivity index (χ2n) is 8.23. The largest absolute Gasteiger partial charge is 0.461 e. The van der Waals surface area contributed by atoms with Gasteiger partial charge in [-0.25, -0.2) is 0 Å². The van der Waals surface area contributed by atoms with Crippen molar-refractivity contribution in [3.8, 4) is 17.3 Å².